The quantitative estimate of drug-likeness (QED) is 0.714. The SMILES string of the molecule is Cc1cc(C)c2[nH]c(=O)c([C@H](c3nnnn3C3CCCC3)N3CCOCC3)cc2c1. The summed E-state index contributed by atoms with van der Waals surface area (Å²) in [6.45, 7) is 6.89. The molecule has 1 N–H and O–H groups in total. The number of fused-ring (bicyclic) bond motifs is 1. The van der Waals surface area contributed by atoms with Crippen LogP contribution in [0.2, 0.25) is 0 Å². The smallest absolute Gasteiger partial charge is 0.253 e. The molecule has 1 atom stereocenters. The van der Waals surface area contributed by atoms with Crippen molar-refractivity contribution in [2.24, 2.45) is 0 Å². The number of hydrogen-bond donors (Lipinski definition) is 1. The maximum atomic E-state index is 13.3. The molecule has 3 heterocycles. The van der Waals surface area contributed by atoms with Crippen molar-refractivity contribution in [2.45, 2.75) is 51.6 Å². The van der Waals surface area contributed by atoms with Crippen LogP contribution in [0.1, 0.15) is 60.3 Å². The van der Waals surface area contributed by atoms with Gasteiger partial charge < -0.3 is 9.72 Å². The maximum Gasteiger partial charge on any atom is 0.253 e. The summed E-state index contributed by atoms with van der Waals surface area (Å²) in [5, 5.41) is 13.8. The van der Waals surface area contributed by atoms with Gasteiger partial charge in [0.1, 0.15) is 6.04 Å². The first-order valence-corrected chi connectivity index (χ1v) is 10.9. The number of aryl methyl sites for hydroxylation is 2. The Balaban J connectivity index is 1.67. The molecule has 5 rings (SSSR count). The van der Waals surface area contributed by atoms with Crippen molar-refractivity contribution in [3.63, 3.8) is 0 Å². The van der Waals surface area contributed by atoms with Crippen LogP contribution in [0.25, 0.3) is 10.9 Å². The standard InChI is InChI=1S/C22H28N6O2/c1-14-11-15(2)19-16(12-14)13-18(22(29)23-19)20(27-7-9-30-10-8-27)21-24-25-26-28(21)17-5-3-4-6-17/h11-13,17,20H,3-10H2,1-2H3,(H,23,29)/t20-/m1/s1. The fraction of sp³-hybridized carbons (Fsp3) is 0.545. The summed E-state index contributed by atoms with van der Waals surface area (Å²) in [6, 6.07) is 6.26. The third-order valence-corrected chi connectivity index (χ3v) is 6.46. The zero-order valence-corrected chi connectivity index (χ0v) is 17.6. The summed E-state index contributed by atoms with van der Waals surface area (Å²) in [6.07, 6.45) is 4.56. The van der Waals surface area contributed by atoms with Crippen LogP contribution in [0.4, 0.5) is 0 Å². The average molecular weight is 409 g/mol. The molecule has 1 aliphatic carbocycles. The molecule has 3 aromatic rings. The second-order valence-corrected chi connectivity index (χ2v) is 8.57. The van der Waals surface area contributed by atoms with Crippen LogP contribution >= 0.6 is 0 Å². The number of H-pyrrole nitrogens is 1. The first-order chi connectivity index (χ1) is 14.6. The Morgan fingerprint density at radius 3 is 2.67 bits per heavy atom. The summed E-state index contributed by atoms with van der Waals surface area (Å²) in [5.41, 5.74) is 3.77. The first-order valence-electron chi connectivity index (χ1n) is 10.9. The highest BCUT2D eigenvalue weighted by molar-refractivity contribution is 5.83. The fourth-order valence-electron chi connectivity index (χ4n) is 5.03. The van der Waals surface area contributed by atoms with E-state index in [1.165, 1.54) is 18.4 Å². The molecular weight excluding hydrogens is 380 g/mol. The van der Waals surface area contributed by atoms with Crippen molar-refractivity contribution < 1.29 is 4.74 Å². The molecule has 2 aliphatic rings. The van der Waals surface area contributed by atoms with E-state index in [1.807, 2.05) is 17.7 Å². The predicted molar refractivity (Wildman–Crippen MR) is 114 cm³/mol. The van der Waals surface area contributed by atoms with E-state index < -0.39 is 0 Å². The average Bonchev–Trinajstić information content (AvgIpc) is 3.42. The van der Waals surface area contributed by atoms with E-state index in [0.717, 1.165) is 48.2 Å². The molecule has 1 aliphatic heterocycles. The van der Waals surface area contributed by atoms with Gasteiger partial charge in [-0.3, -0.25) is 9.69 Å². The monoisotopic (exact) mass is 408 g/mol. The lowest BCUT2D eigenvalue weighted by atomic mass is 10.00. The minimum atomic E-state index is -0.293. The molecule has 0 amide bonds. The van der Waals surface area contributed by atoms with Gasteiger partial charge in [0.2, 0.25) is 0 Å². The number of nitrogens with zero attached hydrogens (tertiary/aromatic N) is 5. The number of tetrazole rings is 1. The lowest BCUT2D eigenvalue weighted by Crippen LogP contribution is -2.42. The number of nitrogens with one attached hydrogen (secondary N) is 1. The van der Waals surface area contributed by atoms with Crippen LogP contribution in [0.15, 0.2) is 23.0 Å². The molecule has 2 fully saturated rings. The zero-order chi connectivity index (χ0) is 20.7. The van der Waals surface area contributed by atoms with Crippen molar-refractivity contribution in [3.05, 3.63) is 51.1 Å². The van der Waals surface area contributed by atoms with E-state index in [-0.39, 0.29) is 11.6 Å². The second-order valence-electron chi connectivity index (χ2n) is 8.57. The first kappa shape index (κ1) is 19.4. The van der Waals surface area contributed by atoms with Gasteiger partial charge in [-0.05, 0) is 60.2 Å². The fourth-order valence-corrected chi connectivity index (χ4v) is 5.03. The van der Waals surface area contributed by atoms with Crippen molar-refractivity contribution in [1.82, 2.24) is 30.1 Å². The van der Waals surface area contributed by atoms with Crippen LogP contribution in [0.3, 0.4) is 0 Å². The van der Waals surface area contributed by atoms with E-state index in [0.29, 0.717) is 24.8 Å². The topological polar surface area (TPSA) is 88.9 Å². The van der Waals surface area contributed by atoms with E-state index in [4.69, 9.17) is 4.74 Å². The maximum absolute atomic E-state index is 13.3. The van der Waals surface area contributed by atoms with Crippen LogP contribution in [0, 0.1) is 13.8 Å². The molecule has 8 nitrogen and oxygen atoms in total. The lowest BCUT2D eigenvalue weighted by Gasteiger charge is -2.34. The molecule has 0 unspecified atom stereocenters. The third kappa shape index (κ3) is 3.44. The van der Waals surface area contributed by atoms with Gasteiger partial charge in [0.15, 0.2) is 5.82 Å². The Morgan fingerprint density at radius 1 is 1.13 bits per heavy atom. The van der Waals surface area contributed by atoms with Gasteiger partial charge in [-0.1, -0.05) is 24.5 Å². The molecule has 1 saturated carbocycles. The van der Waals surface area contributed by atoms with Crippen molar-refractivity contribution in [2.75, 3.05) is 26.3 Å². The van der Waals surface area contributed by atoms with Crippen LogP contribution in [0.5, 0.6) is 0 Å². The lowest BCUT2D eigenvalue weighted by molar-refractivity contribution is 0.0211. The second kappa shape index (κ2) is 7.92. The van der Waals surface area contributed by atoms with E-state index >= 15 is 0 Å². The highest BCUT2D eigenvalue weighted by Gasteiger charge is 2.33. The summed E-state index contributed by atoms with van der Waals surface area (Å²) in [5.74, 6) is 0.762. The number of pyridine rings is 1. The highest BCUT2D eigenvalue weighted by Crippen LogP contribution is 2.34. The summed E-state index contributed by atoms with van der Waals surface area (Å²) < 4.78 is 7.55. The third-order valence-electron chi connectivity index (χ3n) is 6.46. The molecule has 0 radical (unpaired) electrons. The molecule has 30 heavy (non-hydrogen) atoms. The predicted octanol–water partition coefficient (Wildman–Crippen LogP) is 2.67. The van der Waals surface area contributed by atoms with Crippen LogP contribution in [-0.2, 0) is 4.74 Å². The Kier molecular flexibility index (Phi) is 5.12. The molecule has 2 aromatic heterocycles. The number of morpholine rings is 1. The van der Waals surface area contributed by atoms with Gasteiger partial charge in [-0.25, -0.2) is 4.68 Å². The molecule has 158 valence electrons. The number of ether oxygens (including phenoxy) is 1. The van der Waals surface area contributed by atoms with E-state index in [2.05, 4.69) is 44.5 Å². The van der Waals surface area contributed by atoms with E-state index in [9.17, 15) is 4.79 Å². The zero-order valence-electron chi connectivity index (χ0n) is 17.6. The van der Waals surface area contributed by atoms with Gasteiger partial charge in [-0.15, -0.1) is 5.10 Å². The normalized spacial score (nSPS) is 19.5. The van der Waals surface area contributed by atoms with Crippen LogP contribution < -0.4 is 5.56 Å². The van der Waals surface area contributed by atoms with Gasteiger partial charge in [-0.2, -0.15) is 0 Å². The van der Waals surface area contributed by atoms with Gasteiger partial charge in [0.25, 0.3) is 5.56 Å². The number of aromatic nitrogens is 5. The van der Waals surface area contributed by atoms with Crippen LogP contribution in [-0.4, -0.2) is 56.4 Å². The number of benzene rings is 1. The van der Waals surface area contributed by atoms with Crippen molar-refractivity contribution in [3.8, 4) is 0 Å². The summed E-state index contributed by atoms with van der Waals surface area (Å²) in [4.78, 5) is 18.7. The Labute approximate surface area is 175 Å². The van der Waals surface area contributed by atoms with Crippen molar-refractivity contribution in [1.29, 1.82) is 0 Å². The molecule has 0 bridgehead atoms. The molecule has 1 saturated heterocycles. The number of hydrogen-bond acceptors (Lipinski definition) is 6. The number of rotatable bonds is 4. The molecule has 0 spiro atoms. The van der Waals surface area contributed by atoms with Crippen molar-refractivity contribution >= 4 is 10.9 Å². The Morgan fingerprint density at radius 2 is 1.90 bits per heavy atom. The van der Waals surface area contributed by atoms with Gasteiger partial charge >= 0.3 is 0 Å². The Bertz CT molecular complexity index is 1110. The van der Waals surface area contributed by atoms with Gasteiger partial charge in [0, 0.05) is 18.7 Å². The molecule has 1 aromatic carbocycles. The number of aromatic amines is 1. The largest absolute Gasteiger partial charge is 0.379 e. The molecule has 8 heteroatoms. The minimum absolute atomic E-state index is 0.0769. The molecular formula is C22H28N6O2. The Hall–Kier alpha value is -2.58. The summed E-state index contributed by atoms with van der Waals surface area (Å²) >= 11 is 0. The minimum Gasteiger partial charge on any atom is -0.379 e. The van der Waals surface area contributed by atoms with E-state index in [1.54, 1.807) is 0 Å². The summed E-state index contributed by atoms with van der Waals surface area (Å²) in [7, 11) is 0. The van der Waals surface area contributed by atoms with Gasteiger partial charge in [0.05, 0.1) is 24.8 Å². The highest BCUT2D eigenvalue weighted by atomic mass is 16.5.